The normalized spacial score (nSPS) is 21.9. The number of ether oxygens (including phenoxy) is 3. The zero-order chi connectivity index (χ0) is 22.9. The summed E-state index contributed by atoms with van der Waals surface area (Å²) in [6.45, 7) is 15.1. The van der Waals surface area contributed by atoms with Gasteiger partial charge in [0.1, 0.15) is 30.7 Å². The molecule has 0 saturated carbocycles. The Hall–Kier alpha value is -2.34. The van der Waals surface area contributed by atoms with Gasteiger partial charge in [0.15, 0.2) is 0 Å². The number of phenols is 1. The highest BCUT2D eigenvalue weighted by Gasteiger charge is 2.35. The molecule has 0 spiro atoms. The predicted molar refractivity (Wildman–Crippen MR) is 114 cm³/mol. The number of aromatic hydroxyl groups is 1. The zero-order valence-electron chi connectivity index (χ0n) is 19.2. The van der Waals surface area contributed by atoms with Crippen LogP contribution in [0.5, 0.6) is 5.75 Å². The number of phenolic OH excluding ortho intramolecular Hbond substituents is 1. The van der Waals surface area contributed by atoms with Crippen molar-refractivity contribution in [3.05, 3.63) is 41.0 Å². The first-order valence-electron chi connectivity index (χ1n) is 10.2. The molecule has 0 amide bonds. The van der Waals surface area contributed by atoms with Crippen LogP contribution in [0.1, 0.15) is 78.2 Å². The van der Waals surface area contributed by atoms with Gasteiger partial charge in [-0.3, -0.25) is 9.59 Å². The van der Waals surface area contributed by atoms with Crippen LogP contribution < -0.4 is 0 Å². The third kappa shape index (κ3) is 5.63. The Morgan fingerprint density at radius 2 is 1.63 bits per heavy atom. The van der Waals surface area contributed by atoms with Crippen molar-refractivity contribution in [3.63, 3.8) is 0 Å². The van der Waals surface area contributed by atoms with Gasteiger partial charge in [0, 0.05) is 25.0 Å². The van der Waals surface area contributed by atoms with Crippen LogP contribution in [0.15, 0.2) is 24.3 Å². The first-order valence-corrected chi connectivity index (χ1v) is 10.2. The summed E-state index contributed by atoms with van der Waals surface area (Å²) in [4.78, 5) is 22.7. The Bertz CT molecular complexity index is 825. The molecule has 1 aromatic carbocycles. The molecule has 0 unspecified atom stereocenters. The van der Waals surface area contributed by atoms with Crippen LogP contribution >= 0.6 is 0 Å². The first-order chi connectivity index (χ1) is 13.7. The molecule has 1 N–H and O–H groups in total. The van der Waals surface area contributed by atoms with E-state index in [9.17, 15) is 14.7 Å². The fraction of sp³-hybridized carbons (Fsp3) is 0.583. The molecule has 0 aromatic heterocycles. The second-order valence-electron chi connectivity index (χ2n) is 9.78. The van der Waals surface area contributed by atoms with Crippen LogP contribution in [0, 0.1) is 0 Å². The summed E-state index contributed by atoms with van der Waals surface area (Å²) in [6.07, 6.45) is 1.57. The average Bonchev–Trinajstić information content (AvgIpc) is 2.58. The average molecular weight is 419 g/mol. The maximum absolute atomic E-state index is 11.4. The molecule has 2 rings (SSSR count). The molecule has 30 heavy (non-hydrogen) atoms. The Kier molecular flexibility index (Phi) is 7.02. The van der Waals surface area contributed by atoms with Gasteiger partial charge in [-0.15, -0.1) is 0 Å². The van der Waals surface area contributed by atoms with E-state index in [1.54, 1.807) is 12.2 Å². The third-order valence-corrected chi connectivity index (χ3v) is 4.99. The fourth-order valence-electron chi connectivity index (χ4n) is 3.68. The highest BCUT2D eigenvalue weighted by Crippen LogP contribution is 2.44. The van der Waals surface area contributed by atoms with Crippen molar-refractivity contribution in [2.24, 2.45) is 0 Å². The van der Waals surface area contributed by atoms with Crippen LogP contribution in [0.4, 0.5) is 0 Å². The molecule has 0 fully saturated rings. The number of esters is 2. The Morgan fingerprint density at radius 1 is 1.00 bits per heavy atom. The van der Waals surface area contributed by atoms with Gasteiger partial charge in [-0.05, 0) is 22.5 Å². The van der Waals surface area contributed by atoms with E-state index in [-0.39, 0.29) is 23.2 Å². The molecule has 1 aliphatic rings. The van der Waals surface area contributed by atoms with Crippen molar-refractivity contribution in [3.8, 4) is 5.75 Å². The van der Waals surface area contributed by atoms with Gasteiger partial charge in [0.05, 0.1) is 0 Å². The van der Waals surface area contributed by atoms with Gasteiger partial charge in [0.25, 0.3) is 0 Å². The molecule has 0 aliphatic carbocycles. The Labute approximate surface area is 179 Å². The van der Waals surface area contributed by atoms with E-state index >= 15 is 0 Å². The topological polar surface area (TPSA) is 82.1 Å². The maximum Gasteiger partial charge on any atom is 0.303 e. The maximum atomic E-state index is 11.4. The molecule has 0 radical (unpaired) electrons. The quantitative estimate of drug-likeness (QED) is 0.574. The Morgan fingerprint density at radius 3 is 2.13 bits per heavy atom. The largest absolute Gasteiger partial charge is 0.507 e. The number of benzene rings is 1. The summed E-state index contributed by atoms with van der Waals surface area (Å²) >= 11 is 0. The highest BCUT2D eigenvalue weighted by atomic mass is 16.6. The van der Waals surface area contributed by atoms with Gasteiger partial charge in [0.2, 0.25) is 0 Å². The number of carbonyl (C=O) groups excluding carboxylic acids is 2. The van der Waals surface area contributed by atoms with Crippen molar-refractivity contribution in [2.45, 2.75) is 84.5 Å². The molecule has 6 heteroatoms. The molecule has 3 atom stereocenters. The number of hydrogen-bond donors (Lipinski definition) is 1. The summed E-state index contributed by atoms with van der Waals surface area (Å²) in [7, 11) is 0. The van der Waals surface area contributed by atoms with E-state index < -0.39 is 30.3 Å². The predicted octanol–water partition coefficient (Wildman–Crippen LogP) is 4.48. The van der Waals surface area contributed by atoms with E-state index in [0.717, 1.165) is 11.1 Å². The molecule has 6 nitrogen and oxygen atoms in total. The molecule has 0 saturated heterocycles. The van der Waals surface area contributed by atoms with Crippen LogP contribution in [0.25, 0.3) is 0 Å². The van der Waals surface area contributed by atoms with Crippen LogP contribution in [0.2, 0.25) is 0 Å². The molecule has 0 bridgehead atoms. The summed E-state index contributed by atoms with van der Waals surface area (Å²) in [5, 5.41) is 11.3. The first kappa shape index (κ1) is 23.9. The smallest absolute Gasteiger partial charge is 0.303 e. The minimum atomic E-state index is -0.674. The van der Waals surface area contributed by atoms with Crippen LogP contribution in [-0.2, 0) is 34.6 Å². The van der Waals surface area contributed by atoms with Gasteiger partial charge in [-0.25, -0.2) is 0 Å². The number of hydrogen-bond acceptors (Lipinski definition) is 6. The number of rotatable bonds is 4. The highest BCUT2D eigenvalue weighted by molar-refractivity contribution is 5.67. The van der Waals surface area contributed by atoms with Crippen molar-refractivity contribution in [2.75, 3.05) is 6.61 Å². The van der Waals surface area contributed by atoms with Crippen molar-refractivity contribution >= 4 is 11.9 Å². The fourth-order valence-corrected chi connectivity index (χ4v) is 3.68. The minimum Gasteiger partial charge on any atom is -0.507 e. The van der Waals surface area contributed by atoms with E-state index in [1.807, 2.05) is 12.1 Å². The standard InChI is InChI=1S/C24H34O6/c1-14(25)28-13-20-19(29-15(2)26)12-11-18(30-20)16-9-10-17(23(3,4)5)21(22(16)27)24(6,7)8/h9-12,18-20,27H,13H2,1-8H3/t18-,19-,20+/m0/s1. The third-order valence-electron chi connectivity index (χ3n) is 4.99. The van der Waals surface area contributed by atoms with Crippen molar-refractivity contribution in [1.29, 1.82) is 0 Å². The van der Waals surface area contributed by atoms with Gasteiger partial charge in [-0.1, -0.05) is 59.8 Å². The lowest BCUT2D eigenvalue weighted by Gasteiger charge is -2.35. The lowest BCUT2D eigenvalue weighted by atomic mass is 9.73. The Balaban J connectivity index is 2.47. The molecule has 1 aliphatic heterocycles. The SMILES string of the molecule is CC(=O)OC[C@H]1O[C@H](c2ccc(C(C)(C)C)c(C(C)(C)C)c2O)C=C[C@@H]1OC(C)=O. The second-order valence-corrected chi connectivity index (χ2v) is 9.78. The minimum absolute atomic E-state index is 0.0545. The van der Waals surface area contributed by atoms with Crippen molar-refractivity contribution < 1.29 is 28.9 Å². The van der Waals surface area contributed by atoms with Crippen LogP contribution in [-0.4, -0.2) is 35.9 Å². The van der Waals surface area contributed by atoms with Gasteiger partial charge < -0.3 is 19.3 Å². The van der Waals surface area contributed by atoms with E-state index in [0.29, 0.717) is 5.56 Å². The van der Waals surface area contributed by atoms with Crippen molar-refractivity contribution in [1.82, 2.24) is 0 Å². The van der Waals surface area contributed by atoms with E-state index in [2.05, 4.69) is 41.5 Å². The zero-order valence-corrected chi connectivity index (χ0v) is 19.2. The van der Waals surface area contributed by atoms with E-state index in [1.165, 1.54) is 13.8 Å². The number of carbonyl (C=O) groups is 2. The molecular formula is C24H34O6. The molecule has 1 heterocycles. The molecule has 1 aromatic rings. The summed E-state index contributed by atoms with van der Waals surface area (Å²) < 4.78 is 16.5. The van der Waals surface area contributed by atoms with Gasteiger partial charge in [-0.2, -0.15) is 0 Å². The summed E-state index contributed by atoms with van der Waals surface area (Å²) in [5.41, 5.74) is 2.16. The van der Waals surface area contributed by atoms with E-state index in [4.69, 9.17) is 14.2 Å². The summed E-state index contributed by atoms with van der Waals surface area (Å²) in [6, 6.07) is 3.90. The monoisotopic (exact) mass is 418 g/mol. The lowest BCUT2D eigenvalue weighted by molar-refractivity contribution is -0.163. The molecule has 166 valence electrons. The molecular weight excluding hydrogens is 384 g/mol. The lowest BCUT2D eigenvalue weighted by Crippen LogP contribution is -2.39. The summed E-state index contributed by atoms with van der Waals surface area (Å²) in [5.74, 6) is -0.702. The van der Waals surface area contributed by atoms with Gasteiger partial charge >= 0.3 is 11.9 Å². The van der Waals surface area contributed by atoms with Crippen LogP contribution in [0.3, 0.4) is 0 Å². The second kappa shape index (κ2) is 8.80.